The highest BCUT2D eigenvalue weighted by Crippen LogP contribution is 2.25. The van der Waals surface area contributed by atoms with Crippen molar-refractivity contribution >= 4 is 16.0 Å². The summed E-state index contributed by atoms with van der Waals surface area (Å²) in [6.45, 7) is 1.94. The van der Waals surface area contributed by atoms with Gasteiger partial charge in [-0.05, 0) is 74.3 Å². The molecule has 1 aliphatic rings. The Kier molecular flexibility index (Phi) is 8.04. The molecule has 1 saturated heterocycles. The van der Waals surface area contributed by atoms with Gasteiger partial charge in [-0.15, -0.1) is 0 Å². The number of piperidine rings is 1. The number of nitrogens with zero attached hydrogens (tertiary/aromatic N) is 3. The highest BCUT2D eigenvalue weighted by molar-refractivity contribution is 7.88. The smallest absolute Gasteiger partial charge is 0.223 e. The molecule has 2 heterocycles. The number of sulfonamides is 1. The number of hydrogen-bond donors (Lipinski definition) is 2. The molecule has 0 spiro atoms. The molecule has 10 heteroatoms. The maximum atomic E-state index is 14.7. The van der Waals surface area contributed by atoms with Crippen LogP contribution in [0.15, 0.2) is 54.7 Å². The lowest BCUT2D eigenvalue weighted by molar-refractivity contribution is 0.256. The van der Waals surface area contributed by atoms with Crippen molar-refractivity contribution in [1.82, 2.24) is 19.6 Å². The molecular formula is C25H29F2N5O2S. The van der Waals surface area contributed by atoms with Gasteiger partial charge in [-0.25, -0.2) is 27.2 Å². The van der Waals surface area contributed by atoms with E-state index in [4.69, 9.17) is 0 Å². The SMILES string of the molecule is CS(=O)(=O)N(Cc1cc(-c2ccnc(NCCc3cccc(F)c3)n2)ccc1F)C1CCNCC1. The summed E-state index contributed by atoms with van der Waals surface area (Å²) in [5.74, 6) is -0.335. The number of benzene rings is 2. The van der Waals surface area contributed by atoms with Gasteiger partial charge in [-0.3, -0.25) is 0 Å². The first-order valence-electron chi connectivity index (χ1n) is 11.6. The second-order valence-electron chi connectivity index (χ2n) is 8.67. The van der Waals surface area contributed by atoms with Gasteiger partial charge in [0.25, 0.3) is 0 Å². The second-order valence-corrected chi connectivity index (χ2v) is 10.6. The molecule has 0 saturated carbocycles. The number of anilines is 1. The Labute approximate surface area is 204 Å². The van der Waals surface area contributed by atoms with Gasteiger partial charge in [0, 0.05) is 36.5 Å². The van der Waals surface area contributed by atoms with Crippen LogP contribution in [0.4, 0.5) is 14.7 Å². The predicted octanol–water partition coefficient (Wildman–Crippen LogP) is 3.59. The van der Waals surface area contributed by atoms with Gasteiger partial charge >= 0.3 is 0 Å². The summed E-state index contributed by atoms with van der Waals surface area (Å²) in [7, 11) is -3.52. The first kappa shape index (κ1) is 25.2. The van der Waals surface area contributed by atoms with E-state index >= 15 is 0 Å². The molecule has 0 bridgehead atoms. The van der Waals surface area contributed by atoms with E-state index in [0.717, 1.165) is 18.7 Å². The third-order valence-corrected chi connectivity index (χ3v) is 7.33. The fourth-order valence-corrected chi connectivity index (χ4v) is 5.38. The minimum atomic E-state index is -3.52. The summed E-state index contributed by atoms with van der Waals surface area (Å²) in [5, 5.41) is 6.36. The van der Waals surface area contributed by atoms with Crippen molar-refractivity contribution in [3.63, 3.8) is 0 Å². The van der Waals surface area contributed by atoms with E-state index in [1.165, 1.54) is 28.8 Å². The summed E-state index contributed by atoms with van der Waals surface area (Å²) < 4.78 is 54.5. The van der Waals surface area contributed by atoms with E-state index in [9.17, 15) is 17.2 Å². The Morgan fingerprint density at radius 1 is 1.11 bits per heavy atom. The highest BCUT2D eigenvalue weighted by Gasteiger charge is 2.29. The molecule has 1 aliphatic heterocycles. The fourth-order valence-electron chi connectivity index (χ4n) is 4.25. The van der Waals surface area contributed by atoms with E-state index in [1.807, 2.05) is 6.07 Å². The Bertz CT molecular complexity index is 1270. The van der Waals surface area contributed by atoms with Crippen LogP contribution in [0.5, 0.6) is 0 Å². The lowest BCUT2D eigenvalue weighted by Gasteiger charge is -2.33. The number of aromatic nitrogens is 2. The molecule has 0 unspecified atom stereocenters. The van der Waals surface area contributed by atoms with Crippen molar-refractivity contribution in [2.75, 3.05) is 31.2 Å². The van der Waals surface area contributed by atoms with Gasteiger partial charge in [-0.2, -0.15) is 4.31 Å². The molecular weight excluding hydrogens is 472 g/mol. The largest absolute Gasteiger partial charge is 0.354 e. The number of hydrogen-bond acceptors (Lipinski definition) is 6. The van der Waals surface area contributed by atoms with Crippen LogP contribution in [0.2, 0.25) is 0 Å². The van der Waals surface area contributed by atoms with Crippen molar-refractivity contribution in [3.05, 3.63) is 77.5 Å². The zero-order valence-electron chi connectivity index (χ0n) is 19.5. The summed E-state index contributed by atoms with van der Waals surface area (Å²) in [5.41, 5.74) is 2.41. The lowest BCUT2D eigenvalue weighted by Crippen LogP contribution is -2.45. The van der Waals surface area contributed by atoms with Crippen LogP contribution in [-0.4, -0.2) is 54.6 Å². The highest BCUT2D eigenvalue weighted by atomic mass is 32.2. The van der Waals surface area contributed by atoms with E-state index < -0.39 is 15.8 Å². The molecule has 7 nitrogen and oxygen atoms in total. The van der Waals surface area contributed by atoms with Crippen molar-refractivity contribution < 1.29 is 17.2 Å². The molecule has 0 aliphatic carbocycles. The lowest BCUT2D eigenvalue weighted by atomic mass is 10.0. The van der Waals surface area contributed by atoms with E-state index in [2.05, 4.69) is 20.6 Å². The molecule has 35 heavy (non-hydrogen) atoms. The zero-order chi connectivity index (χ0) is 24.8. The third-order valence-electron chi connectivity index (χ3n) is 6.05. The van der Waals surface area contributed by atoms with Crippen molar-refractivity contribution in [3.8, 4) is 11.3 Å². The summed E-state index contributed by atoms with van der Waals surface area (Å²) >= 11 is 0. The molecule has 0 atom stereocenters. The van der Waals surface area contributed by atoms with Crippen molar-refractivity contribution in [1.29, 1.82) is 0 Å². The molecule has 2 aromatic carbocycles. The first-order chi connectivity index (χ1) is 16.8. The third kappa shape index (κ3) is 6.81. The minimum absolute atomic E-state index is 0.0347. The summed E-state index contributed by atoms with van der Waals surface area (Å²) in [6, 6.07) is 12.6. The van der Waals surface area contributed by atoms with Crippen LogP contribution >= 0.6 is 0 Å². The summed E-state index contributed by atoms with van der Waals surface area (Å²) in [4.78, 5) is 8.75. The first-order valence-corrected chi connectivity index (χ1v) is 13.4. The molecule has 1 aromatic heterocycles. The van der Waals surface area contributed by atoms with Crippen LogP contribution in [0.3, 0.4) is 0 Å². The monoisotopic (exact) mass is 501 g/mol. The van der Waals surface area contributed by atoms with Crippen LogP contribution < -0.4 is 10.6 Å². The molecule has 3 aromatic rings. The van der Waals surface area contributed by atoms with Gasteiger partial charge in [0.05, 0.1) is 11.9 Å². The molecule has 0 radical (unpaired) electrons. The Hall–Kier alpha value is -2.95. The normalized spacial score (nSPS) is 14.9. The van der Waals surface area contributed by atoms with Crippen LogP contribution in [0.1, 0.15) is 24.0 Å². The van der Waals surface area contributed by atoms with Crippen LogP contribution in [-0.2, 0) is 23.0 Å². The number of rotatable bonds is 9. The zero-order valence-corrected chi connectivity index (χ0v) is 20.4. The maximum absolute atomic E-state index is 14.7. The topological polar surface area (TPSA) is 87.2 Å². The quantitative estimate of drug-likeness (QED) is 0.466. The van der Waals surface area contributed by atoms with Crippen LogP contribution in [0.25, 0.3) is 11.3 Å². The molecule has 2 N–H and O–H groups in total. The Morgan fingerprint density at radius 3 is 2.66 bits per heavy atom. The predicted molar refractivity (Wildman–Crippen MR) is 132 cm³/mol. The van der Waals surface area contributed by atoms with E-state index in [1.54, 1.807) is 30.5 Å². The van der Waals surface area contributed by atoms with Gasteiger partial charge < -0.3 is 10.6 Å². The standard InChI is InChI=1S/C25H29F2N5O2S/c1-35(33,34)32(22-8-11-28-12-9-22)17-20-16-19(5-6-23(20)27)24-10-14-30-25(31-24)29-13-7-18-3-2-4-21(26)15-18/h2-6,10,14-16,22,28H,7-9,11-13,17H2,1H3,(H,29,30,31). The average molecular weight is 502 g/mol. The van der Waals surface area contributed by atoms with Crippen molar-refractivity contribution in [2.45, 2.75) is 31.8 Å². The van der Waals surface area contributed by atoms with Gasteiger partial charge in [0.2, 0.25) is 16.0 Å². The maximum Gasteiger partial charge on any atom is 0.223 e. The van der Waals surface area contributed by atoms with Gasteiger partial charge in [0.15, 0.2) is 0 Å². The molecule has 4 rings (SSSR count). The van der Waals surface area contributed by atoms with Crippen molar-refractivity contribution in [2.24, 2.45) is 0 Å². The van der Waals surface area contributed by atoms with Crippen LogP contribution in [0, 0.1) is 11.6 Å². The summed E-state index contributed by atoms with van der Waals surface area (Å²) in [6.07, 6.45) is 4.75. The molecule has 0 amide bonds. The van der Waals surface area contributed by atoms with E-state index in [-0.39, 0.29) is 18.4 Å². The minimum Gasteiger partial charge on any atom is -0.354 e. The fraction of sp³-hybridized carbons (Fsp3) is 0.360. The van der Waals surface area contributed by atoms with E-state index in [0.29, 0.717) is 48.6 Å². The molecule has 186 valence electrons. The average Bonchev–Trinajstić information content (AvgIpc) is 2.83. The number of halogens is 2. The Balaban J connectivity index is 1.49. The van der Waals surface area contributed by atoms with Gasteiger partial charge in [-0.1, -0.05) is 12.1 Å². The number of nitrogens with one attached hydrogen (secondary N) is 2. The molecule has 1 fully saturated rings. The van der Waals surface area contributed by atoms with Gasteiger partial charge in [0.1, 0.15) is 11.6 Å². The second kappa shape index (κ2) is 11.2. The Morgan fingerprint density at radius 2 is 1.91 bits per heavy atom.